The van der Waals surface area contributed by atoms with E-state index in [2.05, 4.69) is 31.4 Å². The molecule has 1 fully saturated rings. The molecular formula is C19H20N8O2. The zero-order valence-corrected chi connectivity index (χ0v) is 15.9. The molecule has 10 nitrogen and oxygen atoms in total. The number of anilines is 2. The topological polar surface area (TPSA) is 134 Å². The molecule has 1 aliphatic heterocycles. The first kappa shape index (κ1) is 18.5. The third-order valence-corrected chi connectivity index (χ3v) is 4.95. The van der Waals surface area contributed by atoms with Gasteiger partial charge in [0.05, 0.1) is 12.7 Å². The molecule has 0 atom stereocenters. The molecule has 4 heterocycles. The smallest absolute Gasteiger partial charge is 0.259 e. The van der Waals surface area contributed by atoms with Gasteiger partial charge in [0.2, 0.25) is 5.88 Å². The number of amides is 1. The van der Waals surface area contributed by atoms with E-state index in [1.807, 2.05) is 6.07 Å². The molecule has 4 rings (SSSR count). The standard InChI is InChI=1S/C19H20N8O2/c1-29-15-6-9-27-18(24-15)16(17(21)25-27)19(28)23-13-4-7-26(8-5-13)14-3-2-12(10-20)11-22-14/h2-3,6,9,11,13H,4-5,7-8H2,1H3,(H2,21,25)(H,23,28). The van der Waals surface area contributed by atoms with E-state index in [1.54, 1.807) is 24.5 Å². The lowest BCUT2D eigenvalue weighted by Crippen LogP contribution is -2.45. The lowest BCUT2D eigenvalue weighted by molar-refractivity contribution is 0.0933. The molecule has 0 spiro atoms. The predicted octanol–water partition coefficient (Wildman–Crippen LogP) is 0.986. The summed E-state index contributed by atoms with van der Waals surface area (Å²) in [7, 11) is 1.51. The fourth-order valence-corrected chi connectivity index (χ4v) is 3.41. The third-order valence-electron chi connectivity index (χ3n) is 4.95. The molecular weight excluding hydrogens is 372 g/mol. The van der Waals surface area contributed by atoms with Crippen LogP contribution < -0.4 is 20.7 Å². The molecule has 3 aromatic heterocycles. The number of nitriles is 1. The van der Waals surface area contributed by atoms with Crippen molar-refractivity contribution >= 4 is 23.2 Å². The summed E-state index contributed by atoms with van der Waals surface area (Å²) in [5.41, 5.74) is 7.10. The first-order valence-electron chi connectivity index (χ1n) is 9.20. The van der Waals surface area contributed by atoms with Gasteiger partial charge in [-0.3, -0.25) is 4.79 Å². The van der Waals surface area contributed by atoms with E-state index >= 15 is 0 Å². The van der Waals surface area contributed by atoms with E-state index < -0.39 is 0 Å². The Morgan fingerprint density at radius 2 is 2.14 bits per heavy atom. The van der Waals surface area contributed by atoms with Gasteiger partial charge in [-0.25, -0.2) is 9.50 Å². The van der Waals surface area contributed by atoms with E-state index in [9.17, 15) is 4.79 Å². The molecule has 3 N–H and O–H groups in total. The highest BCUT2D eigenvalue weighted by Crippen LogP contribution is 2.21. The molecule has 29 heavy (non-hydrogen) atoms. The molecule has 0 bridgehead atoms. The number of hydrogen-bond acceptors (Lipinski definition) is 8. The Balaban J connectivity index is 1.43. The molecule has 3 aromatic rings. The average Bonchev–Trinajstić information content (AvgIpc) is 3.09. The van der Waals surface area contributed by atoms with E-state index in [0.717, 1.165) is 31.7 Å². The van der Waals surface area contributed by atoms with Crippen molar-refractivity contribution in [1.82, 2.24) is 24.9 Å². The summed E-state index contributed by atoms with van der Waals surface area (Å²) in [6.07, 6.45) is 4.75. The number of hydrogen-bond donors (Lipinski definition) is 2. The zero-order valence-electron chi connectivity index (χ0n) is 15.9. The van der Waals surface area contributed by atoms with Crippen LogP contribution in [0.5, 0.6) is 5.88 Å². The van der Waals surface area contributed by atoms with Crippen molar-refractivity contribution in [3.8, 4) is 11.9 Å². The van der Waals surface area contributed by atoms with Gasteiger partial charge in [-0.1, -0.05) is 0 Å². The van der Waals surface area contributed by atoms with Crippen LogP contribution in [0.15, 0.2) is 30.6 Å². The number of fused-ring (bicyclic) bond motifs is 1. The van der Waals surface area contributed by atoms with Crippen LogP contribution in [0.3, 0.4) is 0 Å². The number of aromatic nitrogens is 4. The summed E-state index contributed by atoms with van der Waals surface area (Å²) in [5, 5.41) is 16.1. The largest absolute Gasteiger partial charge is 0.481 e. The van der Waals surface area contributed by atoms with Crippen molar-refractivity contribution in [3.63, 3.8) is 0 Å². The average molecular weight is 392 g/mol. The summed E-state index contributed by atoms with van der Waals surface area (Å²) >= 11 is 0. The Labute approximate surface area is 166 Å². The number of rotatable bonds is 4. The Hall–Kier alpha value is -3.87. The monoisotopic (exact) mass is 392 g/mol. The fourth-order valence-electron chi connectivity index (χ4n) is 3.41. The highest BCUT2D eigenvalue weighted by atomic mass is 16.5. The minimum atomic E-state index is -0.298. The number of methoxy groups -OCH3 is 1. The number of nitrogens with two attached hydrogens (primary N) is 1. The number of carbonyl (C=O) groups excluding carboxylic acids is 1. The number of nitrogens with one attached hydrogen (secondary N) is 1. The van der Waals surface area contributed by atoms with E-state index in [4.69, 9.17) is 15.7 Å². The molecule has 0 aromatic carbocycles. The van der Waals surface area contributed by atoms with Crippen LogP contribution in [-0.2, 0) is 0 Å². The van der Waals surface area contributed by atoms with Gasteiger partial charge >= 0.3 is 0 Å². The van der Waals surface area contributed by atoms with Crippen molar-refractivity contribution in [2.45, 2.75) is 18.9 Å². The maximum absolute atomic E-state index is 12.8. The van der Waals surface area contributed by atoms with Gasteiger partial charge < -0.3 is 20.7 Å². The zero-order chi connectivity index (χ0) is 20.4. The van der Waals surface area contributed by atoms with Crippen LogP contribution in [0.2, 0.25) is 0 Å². The van der Waals surface area contributed by atoms with Gasteiger partial charge in [0.25, 0.3) is 5.91 Å². The normalized spacial score (nSPS) is 14.6. The SMILES string of the molecule is COc1ccn2nc(N)c(C(=O)NC3CCN(c4ccc(C#N)cn4)CC3)c2n1. The Morgan fingerprint density at radius 1 is 1.34 bits per heavy atom. The first-order valence-corrected chi connectivity index (χ1v) is 9.20. The second kappa shape index (κ2) is 7.63. The molecule has 148 valence electrons. The van der Waals surface area contributed by atoms with Crippen molar-refractivity contribution in [1.29, 1.82) is 5.26 Å². The summed E-state index contributed by atoms with van der Waals surface area (Å²) in [6.45, 7) is 1.50. The van der Waals surface area contributed by atoms with E-state index in [1.165, 1.54) is 11.6 Å². The number of nitrogens with zero attached hydrogens (tertiary/aromatic N) is 6. The van der Waals surface area contributed by atoms with E-state index in [0.29, 0.717) is 17.1 Å². The second-order valence-corrected chi connectivity index (χ2v) is 6.75. The molecule has 0 unspecified atom stereocenters. The number of carbonyl (C=O) groups is 1. The highest BCUT2D eigenvalue weighted by molar-refractivity contribution is 6.04. The van der Waals surface area contributed by atoms with Crippen molar-refractivity contribution in [2.75, 3.05) is 30.8 Å². The molecule has 1 aliphatic rings. The van der Waals surface area contributed by atoms with Gasteiger partial charge in [0.1, 0.15) is 17.5 Å². The maximum atomic E-state index is 12.8. The van der Waals surface area contributed by atoms with Gasteiger partial charge in [-0.05, 0) is 25.0 Å². The van der Waals surface area contributed by atoms with Gasteiger partial charge in [-0.2, -0.15) is 10.2 Å². The number of ether oxygens (including phenoxy) is 1. The van der Waals surface area contributed by atoms with Gasteiger partial charge in [-0.15, -0.1) is 5.10 Å². The van der Waals surface area contributed by atoms with Gasteiger partial charge in [0, 0.05) is 37.6 Å². The first-order chi connectivity index (χ1) is 14.1. The molecule has 1 saturated heterocycles. The van der Waals surface area contributed by atoms with Crippen molar-refractivity contribution in [2.24, 2.45) is 0 Å². The minimum Gasteiger partial charge on any atom is -0.481 e. The third kappa shape index (κ3) is 3.62. The lowest BCUT2D eigenvalue weighted by Gasteiger charge is -2.33. The number of nitrogen functional groups attached to an aromatic ring is 1. The maximum Gasteiger partial charge on any atom is 0.259 e. The summed E-state index contributed by atoms with van der Waals surface area (Å²) in [6, 6.07) is 7.32. The van der Waals surface area contributed by atoms with Crippen LogP contribution in [0.25, 0.3) is 5.65 Å². The molecule has 1 amide bonds. The number of piperidine rings is 1. The molecule has 0 saturated carbocycles. The van der Waals surface area contributed by atoms with Gasteiger partial charge in [0.15, 0.2) is 11.5 Å². The van der Waals surface area contributed by atoms with E-state index in [-0.39, 0.29) is 23.3 Å². The van der Waals surface area contributed by atoms with Crippen LogP contribution in [0.4, 0.5) is 11.6 Å². The quantitative estimate of drug-likeness (QED) is 0.671. The Kier molecular flexibility index (Phi) is 4.87. The summed E-state index contributed by atoms with van der Waals surface area (Å²) in [4.78, 5) is 23.6. The Bertz CT molecular complexity index is 1080. The van der Waals surface area contributed by atoms with Crippen LogP contribution in [-0.4, -0.2) is 51.7 Å². The second-order valence-electron chi connectivity index (χ2n) is 6.75. The lowest BCUT2D eigenvalue weighted by atomic mass is 10.0. The molecule has 10 heteroatoms. The van der Waals surface area contributed by atoms with Crippen LogP contribution in [0.1, 0.15) is 28.8 Å². The molecule has 0 aliphatic carbocycles. The fraction of sp³-hybridized carbons (Fsp3) is 0.316. The van der Waals surface area contributed by atoms with Crippen LogP contribution in [0, 0.1) is 11.3 Å². The van der Waals surface area contributed by atoms with Crippen LogP contribution >= 0.6 is 0 Å². The number of pyridine rings is 1. The summed E-state index contributed by atoms with van der Waals surface area (Å²) < 4.78 is 6.59. The van der Waals surface area contributed by atoms with Crippen molar-refractivity contribution in [3.05, 3.63) is 41.7 Å². The molecule has 0 radical (unpaired) electrons. The predicted molar refractivity (Wildman–Crippen MR) is 106 cm³/mol. The Morgan fingerprint density at radius 3 is 2.79 bits per heavy atom. The van der Waals surface area contributed by atoms with Crippen molar-refractivity contribution < 1.29 is 9.53 Å². The summed E-state index contributed by atoms with van der Waals surface area (Å²) in [5.74, 6) is 1.04. The highest BCUT2D eigenvalue weighted by Gasteiger charge is 2.25. The minimum absolute atomic E-state index is 0.0112.